The van der Waals surface area contributed by atoms with Gasteiger partial charge in [-0.05, 0) is 26.7 Å². The second kappa shape index (κ2) is 9.75. The first-order valence-corrected chi connectivity index (χ1v) is 7.73. The summed E-state index contributed by atoms with van der Waals surface area (Å²) in [7, 11) is 0. The molecule has 0 saturated heterocycles. The normalized spacial score (nSPS) is 16.1. The van der Waals surface area contributed by atoms with Gasteiger partial charge in [0.15, 0.2) is 0 Å². The molecule has 0 amide bonds. The van der Waals surface area contributed by atoms with Crippen molar-refractivity contribution in [2.75, 3.05) is 13.2 Å². The standard InChI is InChI=1S/C15H27NO4/c1-3-19-14(17)10-13(11-15(18)20-4-2)16-12-8-6-5-7-9-12/h12-13,16H,3-11H2,1-2H3. The van der Waals surface area contributed by atoms with Crippen LogP contribution in [0, 0.1) is 0 Å². The Bertz CT molecular complexity index is 280. The molecule has 0 unspecified atom stereocenters. The van der Waals surface area contributed by atoms with Crippen LogP contribution in [0.3, 0.4) is 0 Å². The highest BCUT2D eigenvalue weighted by molar-refractivity contribution is 5.74. The lowest BCUT2D eigenvalue weighted by molar-refractivity contribution is -0.146. The van der Waals surface area contributed by atoms with E-state index in [1.165, 1.54) is 19.3 Å². The summed E-state index contributed by atoms with van der Waals surface area (Å²) in [5, 5.41) is 3.43. The predicted octanol–water partition coefficient (Wildman–Crippen LogP) is 2.18. The third kappa shape index (κ3) is 6.89. The fraction of sp³-hybridized carbons (Fsp3) is 0.867. The molecule has 1 rings (SSSR count). The van der Waals surface area contributed by atoms with Crippen LogP contribution in [0.1, 0.15) is 58.8 Å². The van der Waals surface area contributed by atoms with E-state index in [4.69, 9.17) is 9.47 Å². The molecule has 1 aliphatic carbocycles. The number of carbonyl (C=O) groups excluding carboxylic acids is 2. The van der Waals surface area contributed by atoms with Gasteiger partial charge in [-0.3, -0.25) is 9.59 Å². The highest BCUT2D eigenvalue weighted by Crippen LogP contribution is 2.19. The van der Waals surface area contributed by atoms with E-state index in [-0.39, 0.29) is 30.8 Å². The van der Waals surface area contributed by atoms with Crippen molar-refractivity contribution in [3.8, 4) is 0 Å². The van der Waals surface area contributed by atoms with Crippen molar-refractivity contribution in [3.05, 3.63) is 0 Å². The maximum absolute atomic E-state index is 11.6. The van der Waals surface area contributed by atoms with Crippen LogP contribution in [0.5, 0.6) is 0 Å². The summed E-state index contributed by atoms with van der Waals surface area (Å²) >= 11 is 0. The van der Waals surface area contributed by atoms with Gasteiger partial charge in [0, 0.05) is 12.1 Å². The highest BCUT2D eigenvalue weighted by atomic mass is 16.5. The first-order valence-electron chi connectivity index (χ1n) is 7.73. The zero-order chi connectivity index (χ0) is 14.8. The van der Waals surface area contributed by atoms with Crippen molar-refractivity contribution >= 4 is 11.9 Å². The third-order valence-electron chi connectivity index (χ3n) is 3.51. The number of rotatable bonds is 8. The molecule has 0 aromatic heterocycles. The van der Waals surface area contributed by atoms with E-state index in [0.29, 0.717) is 19.3 Å². The SMILES string of the molecule is CCOC(=O)CC(CC(=O)OCC)NC1CCCCC1. The van der Waals surface area contributed by atoms with Gasteiger partial charge in [0.2, 0.25) is 0 Å². The summed E-state index contributed by atoms with van der Waals surface area (Å²) in [6.45, 7) is 4.31. The molecule has 0 bridgehead atoms. The molecule has 1 aliphatic rings. The van der Waals surface area contributed by atoms with Crippen molar-refractivity contribution in [2.24, 2.45) is 0 Å². The molecule has 1 saturated carbocycles. The van der Waals surface area contributed by atoms with Crippen molar-refractivity contribution in [1.82, 2.24) is 5.32 Å². The molecule has 5 nitrogen and oxygen atoms in total. The molecule has 0 atom stereocenters. The highest BCUT2D eigenvalue weighted by Gasteiger charge is 2.23. The lowest BCUT2D eigenvalue weighted by Gasteiger charge is -2.27. The number of esters is 2. The molecule has 20 heavy (non-hydrogen) atoms. The van der Waals surface area contributed by atoms with Gasteiger partial charge in [-0.2, -0.15) is 0 Å². The Labute approximate surface area is 121 Å². The van der Waals surface area contributed by atoms with Crippen LogP contribution in [-0.2, 0) is 19.1 Å². The Morgan fingerprint density at radius 3 is 1.95 bits per heavy atom. The van der Waals surface area contributed by atoms with E-state index in [0.717, 1.165) is 12.8 Å². The van der Waals surface area contributed by atoms with Crippen LogP contribution in [0.25, 0.3) is 0 Å². The van der Waals surface area contributed by atoms with Crippen molar-refractivity contribution in [2.45, 2.75) is 70.9 Å². The number of carbonyl (C=O) groups is 2. The molecule has 0 aliphatic heterocycles. The Kier molecular flexibility index (Phi) is 8.26. The minimum atomic E-state index is -0.259. The Balaban J connectivity index is 2.48. The molecule has 0 aromatic carbocycles. The minimum Gasteiger partial charge on any atom is -0.466 e. The fourth-order valence-corrected chi connectivity index (χ4v) is 2.63. The molecule has 1 N–H and O–H groups in total. The quantitative estimate of drug-likeness (QED) is 0.692. The monoisotopic (exact) mass is 285 g/mol. The minimum absolute atomic E-state index is 0.184. The van der Waals surface area contributed by atoms with E-state index >= 15 is 0 Å². The van der Waals surface area contributed by atoms with Gasteiger partial charge in [0.1, 0.15) is 0 Å². The topological polar surface area (TPSA) is 64.6 Å². The van der Waals surface area contributed by atoms with Crippen molar-refractivity contribution in [1.29, 1.82) is 0 Å². The molecule has 0 radical (unpaired) electrons. The first kappa shape index (κ1) is 17.0. The fourth-order valence-electron chi connectivity index (χ4n) is 2.63. The van der Waals surface area contributed by atoms with Gasteiger partial charge in [0.05, 0.1) is 26.1 Å². The zero-order valence-corrected chi connectivity index (χ0v) is 12.7. The molecule has 0 heterocycles. The molecular weight excluding hydrogens is 258 g/mol. The first-order chi connectivity index (χ1) is 9.65. The maximum Gasteiger partial charge on any atom is 0.307 e. The van der Waals surface area contributed by atoms with E-state index in [1.54, 1.807) is 13.8 Å². The Hall–Kier alpha value is -1.10. The summed E-state index contributed by atoms with van der Waals surface area (Å²) in [5.74, 6) is -0.518. The molecule has 0 spiro atoms. The van der Waals surface area contributed by atoms with E-state index < -0.39 is 0 Å². The number of hydrogen-bond donors (Lipinski definition) is 1. The number of hydrogen-bond acceptors (Lipinski definition) is 5. The molecule has 5 heteroatoms. The van der Waals surface area contributed by atoms with Crippen LogP contribution < -0.4 is 5.32 Å². The predicted molar refractivity (Wildman–Crippen MR) is 76.3 cm³/mol. The van der Waals surface area contributed by atoms with Gasteiger partial charge < -0.3 is 14.8 Å². The summed E-state index contributed by atoms with van der Waals surface area (Å²) in [6.07, 6.45) is 6.38. The second-order valence-corrected chi connectivity index (χ2v) is 5.22. The van der Waals surface area contributed by atoms with Crippen LogP contribution in [0.2, 0.25) is 0 Å². The van der Waals surface area contributed by atoms with E-state index in [2.05, 4.69) is 5.32 Å². The zero-order valence-electron chi connectivity index (χ0n) is 12.7. The van der Waals surface area contributed by atoms with Gasteiger partial charge >= 0.3 is 11.9 Å². The lowest BCUT2D eigenvalue weighted by Crippen LogP contribution is -2.42. The van der Waals surface area contributed by atoms with Gasteiger partial charge in [-0.1, -0.05) is 19.3 Å². The van der Waals surface area contributed by atoms with Gasteiger partial charge in [-0.15, -0.1) is 0 Å². The average Bonchev–Trinajstić information content (AvgIpc) is 2.40. The summed E-state index contributed by atoms with van der Waals surface area (Å²) in [6, 6.07) is 0.216. The molecular formula is C15H27NO4. The Morgan fingerprint density at radius 2 is 1.50 bits per heavy atom. The average molecular weight is 285 g/mol. The van der Waals surface area contributed by atoms with Crippen LogP contribution in [0.4, 0.5) is 0 Å². The van der Waals surface area contributed by atoms with Gasteiger partial charge in [0.25, 0.3) is 0 Å². The summed E-state index contributed by atoms with van der Waals surface area (Å²) in [4.78, 5) is 23.2. The van der Waals surface area contributed by atoms with Crippen LogP contribution >= 0.6 is 0 Å². The van der Waals surface area contributed by atoms with E-state index in [9.17, 15) is 9.59 Å². The van der Waals surface area contributed by atoms with E-state index in [1.807, 2.05) is 0 Å². The molecule has 0 aromatic rings. The summed E-state index contributed by atoms with van der Waals surface area (Å²) < 4.78 is 9.94. The smallest absolute Gasteiger partial charge is 0.307 e. The summed E-state index contributed by atoms with van der Waals surface area (Å²) in [5.41, 5.74) is 0. The maximum atomic E-state index is 11.6. The molecule has 116 valence electrons. The largest absolute Gasteiger partial charge is 0.466 e. The van der Waals surface area contributed by atoms with Gasteiger partial charge in [-0.25, -0.2) is 0 Å². The second-order valence-electron chi connectivity index (χ2n) is 5.22. The Morgan fingerprint density at radius 1 is 1.00 bits per heavy atom. The molecule has 1 fully saturated rings. The van der Waals surface area contributed by atoms with Crippen LogP contribution in [0.15, 0.2) is 0 Å². The lowest BCUT2D eigenvalue weighted by atomic mass is 9.94. The van der Waals surface area contributed by atoms with Crippen molar-refractivity contribution < 1.29 is 19.1 Å². The third-order valence-corrected chi connectivity index (χ3v) is 3.51. The number of nitrogens with one attached hydrogen (secondary N) is 1. The van der Waals surface area contributed by atoms with Crippen LogP contribution in [-0.4, -0.2) is 37.2 Å². The number of ether oxygens (including phenoxy) is 2. The van der Waals surface area contributed by atoms with Crippen molar-refractivity contribution in [3.63, 3.8) is 0 Å².